The number of nitrogens with one attached hydrogen (secondary N) is 6. The molecule has 7 aliphatic rings. The van der Waals surface area contributed by atoms with Crippen LogP contribution >= 0.6 is 0 Å². The zero-order chi connectivity index (χ0) is 57.0. The molecule has 1 aromatic heterocycles. The second kappa shape index (κ2) is 25.2. The number of piperidine rings is 2. The first-order chi connectivity index (χ1) is 38.9. The number of carbonyl (C=O) groups is 5. The predicted octanol–water partition coefficient (Wildman–Crippen LogP) is 4.27. The number of aryl methyl sites for hydroxylation is 1. The molecule has 19 nitrogen and oxygen atoms in total. The SMILES string of the molecule is CN[C@@H](C)C(=O)N[C@@H](C)C(=O)N1CC(NC(=O)CO[C@@H]2C[C@@H]3CN(CCCNc4cc(N5CCC6(CC5)CN(c5cc(F)c(CN7CCC(C)(C)CC7)cc5F)CC(=O)N6)ncn4)C[C@@H]3C2)C[C@H]1C(=O)N[C@H]1CCCc2ccccc21. The summed E-state index contributed by atoms with van der Waals surface area (Å²) in [4.78, 5) is 86.4. The highest BCUT2D eigenvalue weighted by Gasteiger charge is 2.45. The number of benzene rings is 2. The van der Waals surface area contributed by atoms with Crippen LogP contribution in [-0.2, 0) is 41.7 Å². The number of ether oxygens (including phenoxy) is 1. The molecule has 6 N–H and O–H groups in total. The molecule has 2 aliphatic carbocycles. The standard InChI is InChI=1S/C60H85F2N13O6/c1-38(63-5)56(78)67-39(2)58(80)75-33-44(27-51(75)57(79)69-49-13-8-11-40-10-6-7-12-46(40)49)68-55(77)35-81-45-24-41-30-72(31-42(41)25-45)19-9-18-64-52-29-53(66-37-65-52)73-22-16-60(17-23-73)36-74(34-54(76)70-60)50-28-47(61)43(26-48(50)62)32-71-20-14-59(3,4)15-21-71/h6-7,10,12,26,28-29,37-39,41-42,44-45,49,51,63H,8-9,11,13-25,27,30-36H2,1-5H3,(H,67,78)(H,68,77)(H,69,79)(H,70,76)(H,64,65,66)/t38-,39-,41-,42+,44?,45-,49-,51-/m0/s1. The number of anilines is 3. The molecule has 5 aliphatic heterocycles. The lowest BCUT2D eigenvalue weighted by atomic mass is 9.82. The van der Waals surface area contributed by atoms with Crippen molar-refractivity contribution in [2.75, 3.05) is 101 Å². The Morgan fingerprint density at radius 1 is 0.864 bits per heavy atom. The van der Waals surface area contributed by atoms with Crippen LogP contribution in [0.5, 0.6) is 0 Å². The summed E-state index contributed by atoms with van der Waals surface area (Å²) in [6.07, 6.45) is 10.5. The summed E-state index contributed by atoms with van der Waals surface area (Å²) in [5.74, 6) is 0.119. The second-order valence-electron chi connectivity index (χ2n) is 25.1. The number of nitrogens with zero attached hydrogens (tertiary/aromatic N) is 7. The van der Waals surface area contributed by atoms with Gasteiger partial charge in [0.1, 0.15) is 48.3 Å². The molecule has 21 heteroatoms. The van der Waals surface area contributed by atoms with Crippen LogP contribution in [0.25, 0.3) is 0 Å². The van der Waals surface area contributed by atoms with E-state index in [-0.39, 0.29) is 78.9 Å². The lowest BCUT2D eigenvalue weighted by molar-refractivity contribution is -0.141. The number of fused-ring (bicyclic) bond motifs is 2. The number of aromatic nitrogens is 2. The Bertz CT molecular complexity index is 2740. The molecule has 5 saturated heterocycles. The summed E-state index contributed by atoms with van der Waals surface area (Å²) in [5.41, 5.74) is 2.47. The number of amides is 5. The van der Waals surface area contributed by atoms with Gasteiger partial charge in [-0.2, -0.15) is 0 Å². The van der Waals surface area contributed by atoms with Gasteiger partial charge in [0, 0.05) is 76.1 Å². The fourth-order valence-electron chi connectivity index (χ4n) is 13.7. The molecule has 440 valence electrons. The van der Waals surface area contributed by atoms with E-state index in [4.69, 9.17) is 4.74 Å². The lowest BCUT2D eigenvalue weighted by Gasteiger charge is -2.48. The van der Waals surface area contributed by atoms with Gasteiger partial charge in [0.25, 0.3) is 0 Å². The number of hydrogen-bond donors (Lipinski definition) is 6. The molecule has 6 fully saturated rings. The smallest absolute Gasteiger partial charge is 0.246 e. The van der Waals surface area contributed by atoms with Crippen LogP contribution in [0.4, 0.5) is 26.1 Å². The number of rotatable bonds is 19. The summed E-state index contributed by atoms with van der Waals surface area (Å²) in [5, 5.41) is 18.6. The van der Waals surface area contributed by atoms with Crippen molar-refractivity contribution in [1.29, 1.82) is 0 Å². The van der Waals surface area contributed by atoms with Crippen molar-refractivity contribution < 1.29 is 37.5 Å². The Kier molecular flexibility index (Phi) is 18.1. The van der Waals surface area contributed by atoms with Gasteiger partial charge >= 0.3 is 0 Å². The first-order valence-corrected chi connectivity index (χ1v) is 29.8. The van der Waals surface area contributed by atoms with Gasteiger partial charge in [-0.15, -0.1) is 0 Å². The Morgan fingerprint density at radius 2 is 1.62 bits per heavy atom. The van der Waals surface area contributed by atoms with Crippen LogP contribution < -0.4 is 41.7 Å². The fourth-order valence-corrected chi connectivity index (χ4v) is 13.7. The molecule has 5 amide bonds. The van der Waals surface area contributed by atoms with Crippen LogP contribution in [0.2, 0.25) is 0 Å². The molecule has 81 heavy (non-hydrogen) atoms. The Morgan fingerprint density at radius 3 is 2.37 bits per heavy atom. The van der Waals surface area contributed by atoms with Gasteiger partial charge in [0.2, 0.25) is 29.5 Å². The number of likely N-dealkylation sites (tertiary alicyclic amines) is 3. The number of piperazine rings is 1. The average molecular weight is 1120 g/mol. The maximum Gasteiger partial charge on any atom is 0.246 e. The molecule has 0 radical (unpaired) electrons. The Hall–Kier alpha value is -6.03. The maximum absolute atomic E-state index is 15.8. The first kappa shape index (κ1) is 58.2. The summed E-state index contributed by atoms with van der Waals surface area (Å²) in [6, 6.07) is 9.84. The molecule has 0 bridgehead atoms. The molecule has 2 aromatic carbocycles. The molecule has 1 saturated carbocycles. The molecule has 1 unspecified atom stereocenters. The number of carbonyl (C=O) groups excluding carboxylic acids is 5. The van der Waals surface area contributed by atoms with Crippen molar-refractivity contribution in [1.82, 2.24) is 51.3 Å². The van der Waals surface area contributed by atoms with E-state index >= 15 is 8.78 Å². The highest BCUT2D eigenvalue weighted by Crippen LogP contribution is 2.40. The first-order valence-electron chi connectivity index (χ1n) is 29.8. The van der Waals surface area contributed by atoms with Crippen LogP contribution in [0.15, 0.2) is 48.8 Å². The minimum absolute atomic E-state index is 0.0211. The summed E-state index contributed by atoms with van der Waals surface area (Å²) < 4.78 is 37.5. The number of likely N-dealkylation sites (N-methyl/N-ethyl adjacent to an activating group) is 1. The lowest BCUT2D eigenvalue weighted by Crippen LogP contribution is -2.66. The van der Waals surface area contributed by atoms with Crippen LogP contribution in [0.1, 0.15) is 115 Å². The average Bonchev–Trinajstić information content (AvgIpc) is 4.21. The van der Waals surface area contributed by atoms with E-state index in [0.29, 0.717) is 56.4 Å². The van der Waals surface area contributed by atoms with Gasteiger partial charge < -0.3 is 56.2 Å². The molecule has 8 atom stereocenters. The Labute approximate surface area is 475 Å². The largest absolute Gasteiger partial charge is 0.370 e. The summed E-state index contributed by atoms with van der Waals surface area (Å²) in [6.45, 7) is 15.2. The van der Waals surface area contributed by atoms with E-state index in [9.17, 15) is 24.0 Å². The minimum Gasteiger partial charge on any atom is -0.370 e. The van der Waals surface area contributed by atoms with Crippen LogP contribution in [0, 0.1) is 28.9 Å². The summed E-state index contributed by atoms with van der Waals surface area (Å²) >= 11 is 0. The van der Waals surface area contributed by atoms with Crippen molar-refractivity contribution in [3.8, 4) is 0 Å². The van der Waals surface area contributed by atoms with Crippen molar-refractivity contribution in [2.24, 2.45) is 17.3 Å². The van der Waals surface area contributed by atoms with E-state index in [0.717, 1.165) is 108 Å². The zero-order valence-corrected chi connectivity index (χ0v) is 48.0. The normalized spacial score (nSPS) is 26.1. The van der Waals surface area contributed by atoms with Crippen molar-refractivity contribution >= 4 is 46.9 Å². The molecule has 3 aromatic rings. The molecule has 10 rings (SSSR count). The third-order valence-electron chi connectivity index (χ3n) is 18.7. The highest BCUT2D eigenvalue weighted by molar-refractivity contribution is 5.93. The molecular formula is C60H85F2N13O6. The second-order valence-corrected chi connectivity index (χ2v) is 25.1. The van der Waals surface area contributed by atoms with Crippen LogP contribution in [0.3, 0.4) is 0 Å². The predicted molar refractivity (Wildman–Crippen MR) is 305 cm³/mol. The van der Waals surface area contributed by atoms with E-state index in [2.05, 4.69) is 76.5 Å². The van der Waals surface area contributed by atoms with Crippen LogP contribution in [-0.4, -0.2) is 176 Å². The van der Waals surface area contributed by atoms with Crippen molar-refractivity contribution in [2.45, 2.75) is 147 Å². The van der Waals surface area contributed by atoms with Gasteiger partial charge in [-0.05, 0) is 146 Å². The van der Waals surface area contributed by atoms with Crippen molar-refractivity contribution in [3.05, 3.63) is 77.1 Å². The number of hydrogen-bond acceptors (Lipinski definition) is 14. The van der Waals surface area contributed by atoms with E-state index in [1.54, 1.807) is 32.1 Å². The third kappa shape index (κ3) is 14.1. The van der Waals surface area contributed by atoms with E-state index < -0.39 is 41.3 Å². The third-order valence-corrected chi connectivity index (χ3v) is 18.7. The van der Waals surface area contributed by atoms with Gasteiger partial charge in [0.05, 0.1) is 36.0 Å². The van der Waals surface area contributed by atoms with E-state index in [1.165, 1.54) is 22.6 Å². The minimum atomic E-state index is -0.874. The van der Waals surface area contributed by atoms with Crippen molar-refractivity contribution in [3.63, 3.8) is 0 Å². The van der Waals surface area contributed by atoms with E-state index in [1.807, 2.05) is 24.3 Å². The fraction of sp³-hybridized carbons (Fsp3) is 0.650. The van der Waals surface area contributed by atoms with Gasteiger partial charge in [-0.1, -0.05) is 38.1 Å². The number of halogens is 2. The quantitative estimate of drug-likeness (QED) is 0.0928. The Balaban J connectivity index is 0.637. The topological polar surface area (TPSA) is 209 Å². The summed E-state index contributed by atoms with van der Waals surface area (Å²) in [7, 11) is 1.67. The monoisotopic (exact) mass is 1120 g/mol. The molecular weight excluding hydrogens is 1040 g/mol. The molecule has 6 heterocycles. The molecule has 1 spiro atoms. The van der Waals surface area contributed by atoms with Gasteiger partial charge in [0.15, 0.2) is 0 Å². The van der Waals surface area contributed by atoms with Gasteiger partial charge in [-0.25, -0.2) is 18.7 Å². The van der Waals surface area contributed by atoms with Gasteiger partial charge in [-0.3, -0.25) is 28.9 Å². The maximum atomic E-state index is 15.8. The highest BCUT2D eigenvalue weighted by atomic mass is 19.1. The zero-order valence-electron chi connectivity index (χ0n) is 48.0.